The minimum absolute atomic E-state index is 0.256. The Balaban J connectivity index is 1.69. The molecule has 9 heteroatoms. The molecule has 0 saturated heterocycles. The number of anilines is 1. The molecule has 0 amide bonds. The first kappa shape index (κ1) is 19.0. The van der Waals surface area contributed by atoms with Gasteiger partial charge in [0.15, 0.2) is 0 Å². The van der Waals surface area contributed by atoms with Crippen molar-refractivity contribution in [1.82, 2.24) is 9.97 Å². The molecular formula is C20H14F3N3O2S. The third kappa shape index (κ3) is 3.81. The van der Waals surface area contributed by atoms with Crippen LogP contribution in [0.15, 0.2) is 77.7 Å². The van der Waals surface area contributed by atoms with Gasteiger partial charge in [-0.25, -0.2) is 13.4 Å². The number of hydrogen-bond donors (Lipinski definition) is 2. The average Bonchev–Trinajstić information content (AvgIpc) is 3.11. The zero-order chi connectivity index (χ0) is 20.6. The Morgan fingerprint density at radius 3 is 2.21 bits per heavy atom. The van der Waals surface area contributed by atoms with Gasteiger partial charge in [-0.2, -0.15) is 13.2 Å². The van der Waals surface area contributed by atoms with Crippen LogP contribution in [-0.4, -0.2) is 18.4 Å². The Kier molecular flexibility index (Phi) is 4.54. The van der Waals surface area contributed by atoms with Gasteiger partial charge < -0.3 is 4.98 Å². The van der Waals surface area contributed by atoms with E-state index in [4.69, 9.17) is 0 Å². The van der Waals surface area contributed by atoms with E-state index in [1.165, 1.54) is 0 Å². The van der Waals surface area contributed by atoms with Gasteiger partial charge in [0.05, 0.1) is 27.2 Å². The van der Waals surface area contributed by atoms with E-state index >= 15 is 0 Å². The highest BCUT2D eigenvalue weighted by Crippen LogP contribution is 2.31. The lowest BCUT2D eigenvalue weighted by atomic mass is 10.2. The van der Waals surface area contributed by atoms with E-state index in [-0.39, 0.29) is 10.6 Å². The maximum atomic E-state index is 12.7. The summed E-state index contributed by atoms with van der Waals surface area (Å²) in [6.07, 6.45) is -4.54. The second kappa shape index (κ2) is 6.93. The number of alkyl halides is 3. The number of hydrogen-bond acceptors (Lipinski definition) is 3. The number of halogens is 3. The van der Waals surface area contributed by atoms with Crippen LogP contribution in [0.1, 0.15) is 5.56 Å². The molecule has 148 valence electrons. The number of benzene rings is 3. The minimum Gasteiger partial charge on any atom is -0.338 e. The zero-order valence-electron chi connectivity index (χ0n) is 14.7. The summed E-state index contributed by atoms with van der Waals surface area (Å²) < 4.78 is 66.0. The molecule has 0 unspecified atom stereocenters. The van der Waals surface area contributed by atoms with Crippen molar-refractivity contribution in [2.24, 2.45) is 0 Å². The fourth-order valence-corrected chi connectivity index (χ4v) is 3.97. The maximum Gasteiger partial charge on any atom is 0.416 e. The number of imidazole rings is 1. The van der Waals surface area contributed by atoms with Gasteiger partial charge in [-0.3, -0.25) is 4.72 Å². The quantitative estimate of drug-likeness (QED) is 0.488. The molecule has 4 rings (SSSR count). The molecular weight excluding hydrogens is 403 g/mol. The van der Waals surface area contributed by atoms with Crippen molar-refractivity contribution < 1.29 is 21.6 Å². The van der Waals surface area contributed by atoms with E-state index in [1.54, 1.807) is 24.3 Å². The predicted octanol–water partition coefficient (Wildman–Crippen LogP) is 5.05. The van der Waals surface area contributed by atoms with Crippen molar-refractivity contribution in [3.8, 4) is 11.4 Å². The van der Waals surface area contributed by atoms with Crippen LogP contribution in [0.2, 0.25) is 0 Å². The van der Waals surface area contributed by atoms with Gasteiger partial charge in [-0.15, -0.1) is 0 Å². The third-order valence-corrected chi connectivity index (χ3v) is 5.69. The molecule has 0 aliphatic carbocycles. The van der Waals surface area contributed by atoms with Gasteiger partial charge in [0, 0.05) is 5.56 Å². The lowest BCUT2D eigenvalue weighted by molar-refractivity contribution is -0.137. The molecule has 0 fully saturated rings. The number of aromatic amines is 1. The van der Waals surface area contributed by atoms with Crippen molar-refractivity contribution in [3.05, 3.63) is 78.4 Å². The smallest absolute Gasteiger partial charge is 0.338 e. The normalized spacial score (nSPS) is 12.2. The molecule has 0 aliphatic heterocycles. The molecule has 1 aromatic heterocycles. The molecule has 0 aliphatic rings. The van der Waals surface area contributed by atoms with Crippen LogP contribution in [0.5, 0.6) is 0 Å². The van der Waals surface area contributed by atoms with E-state index in [0.717, 1.165) is 35.3 Å². The molecule has 29 heavy (non-hydrogen) atoms. The average molecular weight is 417 g/mol. The second-order valence-corrected chi connectivity index (χ2v) is 7.96. The first-order chi connectivity index (χ1) is 13.7. The molecule has 0 atom stereocenters. The molecule has 2 N–H and O–H groups in total. The molecule has 4 aromatic rings. The van der Waals surface area contributed by atoms with Crippen LogP contribution in [0.3, 0.4) is 0 Å². The highest BCUT2D eigenvalue weighted by molar-refractivity contribution is 7.92. The number of nitrogens with zero attached hydrogens (tertiary/aromatic N) is 1. The number of nitrogens with one attached hydrogen (secondary N) is 2. The third-order valence-electron chi connectivity index (χ3n) is 4.31. The van der Waals surface area contributed by atoms with Crippen LogP contribution >= 0.6 is 0 Å². The van der Waals surface area contributed by atoms with E-state index in [0.29, 0.717) is 11.4 Å². The molecule has 0 spiro atoms. The maximum absolute atomic E-state index is 12.7. The van der Waals surface area contributed by atoms with Crippen LogP contribution in [0.25, 0.3) is 22.4 Å². The van der Waals surface area contributed by atoms with E-state index in [1.807, 2.05) is 24.3 Å². The summed E-state index contributed by atoms with van der Waals surface area (Å²) in [7, 11) is -4.10. The van der Waals surface area contributed by atoms with Crippen LogP contribution in [-0.2, 0) is 16.2 Å². The van der Waals surface area contributed by atoms with Crippen molar-refractivity contribution in [3.63, 3.8) is 0 Å². The SMILES string of the molecule is O=S(=O)(Nc1ccccc1-c1nc2ccccc2[nH]1)c1ccc(C(F)(F)F)cc1. The van der Waals surface area contributed by atoms with E-state index in [9.17, 15) is 21.6 Å². The van der Waals surface area contributed by atoms with Crippen LogP contribution < -0.4 is 4.72 Å². The van der Waals surface area contributed by atoms with Crippen LogP contribution in [0.4, 0.5) is 18.9 Å². The Morgan fingerprint density at radius 2 is 1.52 bits per heavy atom. The summed E-state index contributed by atoms with van der Waals surface area (Å²) in [5, 5.41) is 0. The van der Waals surface area contributed by atoms with Crippen molar-refractivity contribution in [2.45, 2.75) is 11.1 Å². The Bertz CT molecular complexity index is 1250. The molecule has 3 aromatic carbocycles. The molecule has 0 bridgehead atoms. The number of H-pyrrole nitrogens is 1. The topological polar surface area (TPSA) is 74.8 Å². The van der Waals surface area contributed by atoms with E-state index in [2.05, 4.69) is 14.7 Å². The zero-order valence-corrected chi connectivity index (χ0v) is 15.6. The second-order valence-electron chi connectivity index (χ2n) is 6.28. The Hall–Kier alpha value is -3.33. The first-order valence-corrected chi connectivity index (χ1v) is 9.96. The van der Waals surface area contributed by atoms with Gasteiger partial charge in [-0.1, -0.05) is 24.3 Å². The molecule has 5 nitrogen and oxygen atoms in total. The lowest BCUT2D eigenvalue weighted by Gasteiger charge is -2.12. The summed E-state index contributed by atoms with van der Waals surface area (Å²) in [6, 6.07) is 17.3. The standard InChI is InChI=1S/C20H14F3N3O2S/c21-20(22,23)13-9-11-14(12-10-13)29(27,28)26-16-6-2-1-5-15(16)19-24-17-7-3-4-8-18(17)25-19/h1-12,26H,(H,24,25). The van der Waals surface area contributed by atoms with Crippen molar-refractivity contribution in [2.75, 3.05) is 4.72 Å². The molecule has 1 heterocycles. The summed E-state index contributed by atoms with van der Waals surface area (Å²) >= 11 is 0. The van der Waals surface area contributed by atoms with Gasteiger partial charge in [0.25, 0.3) is 10.0 Å². The predicted molar refractivity (Wildman–Crippen MR) is 104 cm³/mol. The van der Waals surface area contributed by atoms with Gasteiger partial charge >= 0.3 is 6.18 Å². The number of aromatic nitrogens is 2. The Labute approximate surface area is 164 Å². The number of sulfonamides is 1. The highest BCUT2D eigenvalue weighted by atomic mass is 32.2. The molecule has 0 radical (unpaired) electrons. The number of para-hydroxylation sites is 3. The Morgan fingerprint density at radius 1 is 0.862 bits per heavy atom. The first-order valence-electron chi connectivity index (χ1n) is 8.48. The monoisotopic (exact) mass is 417 g/mol. The van der Waals surface area contributed by atoms with Gasteiger partial charge in [0.2, 0.25) is 0 Å². The number of rotatable bonds is 4. The fourth-order valence-electron chi connectivity index (χ4n) is 2.89. The lowest BCUT2D eigenvalue weighted by Crippen LogP contribution is -2.14. The largest absolute Gasteiger partial charge is 0.416 e. The van der Waals surface area contributed by atoms with Gasteiger partial charge in [0.1, 0.15) is 5.82 Å². The van der Waals surface area contributed by atoms with Crippen LogP contribution in [0, 0.1) is 0 Å². The number of fused-ring (bicyclic) bond motifs is 1. The van der Waals surface area contributed by atoms with Crippen molar-refractivity contribution in [1.29, 1.82) is 0 Å². The summed E-state index contributed by atoms with van der Waals surface area (Å²) in [6.45, 7) is 0. The summed E-state index contributed by atoms with van der Waals surface area (Å²) in [4.78, 5) is 7.33. The fraction of sp³-hybridized carbons (Fsp3) is 0.0500. The summed E-state index contributed by atoms with van der Waals surface area (Å²) in [5.41, 5.74) is 1.37. The minimum atomic E-state index is -4.54. The van der Waals surface area contributed by atoms with Crippen molar-refractivity contribution >= 4 is 26.7 Å². The van der Waals surface area contributed by atoms with Gasteiger partial charge in [-0.05, 0) is 48.5 Å². The highest BCUT2D eigenvalue weighted by Gasteiger charge is 2.30. The summed E-state index contributed by atoms with van der Waals surface area (Å²) in [5.74, 6) is 0.469. The molecule has 0 saturated carbocycles. The van der Waals surface area contributed by atoms with E-state index < -0.39 is 21.8 Å².